The van der Waals surface area contributed by atoms with Crippen molar-refractivity contribution < 1.29 is 23.9 Å². The topological polar surface area (TPSA) is 84.9 Å². The molecule has 9 heteroatoms. The van der Waals surface area contributed by atoms with Crippen molar-refractivity contribution in [1.82, 2.24) is 5.32 Å². The van der Waals surface area contributed by atoms with Crippen LogP contribution in [0.2, 0.25) is 0 Å². The molecule has 1 saturated heterocycles. The summed E-state index contributed by atoms with van der Waals surface area (Å²) in [5.41, 5.74) is 3.58. The van der Waals surface area contributed by atoms with Crippen LogP contribution in [0.3, 0.4) is 0 Å². The fraction of sp³-hybridized carbons (Fsp3) is 0.179. The van der Waals surface area contributed by atoms with Crippen LogP contribution in [0.5, 0.6) is 11.5 Å². The number of amides is 4. The molecule has 0 atom stereocenters. The summed E-state index contributed by atoms with van der Waals surface area (Å²) < 4.78 is 13.6. The van der Waals surface area contributed by atoms with Crippen molar-refractivity contribution in [3.05, 3.63) is 90.5 Å². The second-order valence-electron chi connectivity index (χ2n) is 8.43. The van der Waals surface area contributed by atoms with E-state index in [0.717, 1.165) is 29.6 Å². The van der Waals surface area contributed by atoms with Crippen LogP contribution in [0.25, 0.3) is 6.08 Å². The number of hydrogen-bond donors (Lipinski definition) is 1. The molecule has 3 aromatic carbocycles. The molecule has 1 aliphatic heterocycles. The third-order valence-corrected chi connectivity index (χ3v) is 6.96. The Bertz CT molecular complexity index is 1420. The molecule has 1 aliphatic rings. The molecule has 190 valence electrons. The van der Waals surface area contributed by atoms with E-state index in [-0.39, 0.29) is 5.57 Å². The Balaban J connectivity index is 1.67. The number of imide groups is 2. The lowest BCUT2D eigenvalue weighted by Crippen LogP contribution is -2.54. The minimum Gasteiger partial charge on any atom is -0.490 e. The first kappa shape index (κ1) is 26.9. The Morgan fingerprint density at radius 3 is 2.41 bits per heavy atom. The Morgan fingerprint density at radius 1 is 1.00 bits per heavy atom. The van der Waals surface area contributed by atoms with Crippen molar-refractivity contribution in [3.8, 4) is 11.5 Å². The number of hydrogen-bond acceptors (Lipinski definition) is 5. The van der Waals surface area contributed by atoms with Gasteiger partial charge in [0, 0.05) is 4.47 Å². The van der Waals surface area contributed by atoms with Crippen molar-refractivity contribution in [2.24, 2.45) is 0 Å². The van der Waals surface area contributed by atoms with Gasteiger partial charge in [0.25, 0.3) is 11.8 Å². The molecule has 3 aromatic rings. The molecule has 0 aromatic heterocycles. The predicted octanol–water partition coefficient (Wildman–Crippen LogP) is 6.31. The second-order valence-corrected chi connectivity index (χ2v) is 10.5. The molecule has 7 nitrogen and oxygen atoms in total. The Labute approximate surface area is 237 Å². The standard InChI is InChI=1S/C28H24BrIN2O5/c1-4-36-24-14-19(13-22(30)25(24)37-15-18-6-8-20(29)9-7-18)12-21-26(33)31-28(35)32(27(21)34)23-10-5-16(2)11-17(23)3/h5-14H,4,15H2,1-3H3,(H,31,33,35)/b21-12+. The molecule has 0 aliphatic carbocycles. The molecule has 37 heavy (non-hydrogen) atoms. The highest BCUT2D eigenvalue weighted by molar-refractivity contribution is 14.1. The van der Waals surface area contributed by atoms with Crippen LogP contribution in [0.1, 0.15) is 29.2 Å². The lowest BCUT2D eigenvalue weighted by atomic mass is 10.0. The normalized spacial score (nSPS) is 14.7. The quantitative estimate of drug-likeness (QED) is 0.180. The van der Waals surface area contributed by atoms with Crippen LogP contribution < -0.4 is 19.7 Å². The Kier molecular flexibility index (Phi) is 8.33. The summed E-state index contributed by atoms with van der Waals surface area (Å²) >= 11 is 5.56. The van der Waals surface area contributed by atoms with Crippen LogP contribution in [0.4, 0.5) is 10.5 Å². The predicted molar refractivity (Wildman–Crippen MR) is 154 cm³/mol. The van der Waals surface area contributed by atoms with E-state index in [2.05, 4.69) is 43.8 Å². The number of anilines is 1. The number of benzene rings is 3. The summed E-state index contributed by atoms with van der Waals surface area (Å²) in [6, 6.07) is 15.9. The smallest absolute Gasteiger partial charge is 0.335 e. The van der Waals surface area contributed by atoms with Gasteiger partial charge in [-0.25, -0.2) is 9.69 Å². The van der Waals surface area contributed by atoms with E-state index in [1.807, 2.05) is 57.2 Å². The number of aryl methyl sites for hydroxylation is 2. The molecule has 0 unspecified atom stereocenters. The molecule has 4 amide bonds. The van der Waals surface area contributed by atoms with Crippen LogP contribution >= 0.6 is 38.5 Å². The van der Waals surface area contributed by atoms with Gasteiger partial charge in [-0.2, -0.15) is 0 Å². The van der Waals surface area contributed by atoms with E-state index < -0.39 is 17.8 Å². The largest absolute Gasteiger partial charge is 0.490 e. The molecule has 1 heterocycles. The van der Waals surface area contributed by atoms with Gasteiger partial charge >= 0.3 is 6.03 Å². The van der Waals surface area contributed by atoms with E-state index >= 15 is 0 Å². The number of nitrogens with one attached hydrogen (secondary N) is 1. The number of barbiturate groups is 1. The maximum Gasteiger partial charge on any atom is 0.335 e. The molecule has 1 fully saturated rings. The van der Waals surface area contributed by atoms with Crippen molar-refractivity contribution >= 4 is 68.1 Å². The summed E-state index contributed by atoms with van der Waals surface area (Å²) in [5.74, 6) is -0.382. The SMILES string of the molecule is CCOc1cc(/C=C2\C(=O)NC(=O)N(c3ccc(C)cc3C)C2=O)cc(I)c1OCc1ccc(Br)cc1. The third-order valence-electron chi connectivity index (χ3n) is 5.63. The Morgan fingerprint density at radius 2 is 1.73 bits per heavy atom. The van der Waals surface area contributed by atoms with Crippen molar-refractivity contribution in [3.63, 3.8) is 0 Å². The monoisotopic (exact) mass is 674 g/mol. The lowest BCUT2D eigenvalue weighted by Gasteiger charge is -2.27. The first-order chi connectivity index (χ1) is 17.7. The lowest BCUT2D eigenvalue weighted by molar-refractivity contribution is -0.122. The highest BCUT2D eigenvalue weighted by Gasteiger charge is 2.37. The van der Waals surface area contributed by atoms with Gasteiger partial charge < -0.3 is 9.47 Å². The van der Waals surface area contributed by atoms with Crippen molar-refractivity contribution in [1.29, 1.82) is 0 Å². The highest BCUT2D eigenvalue weighted by Crippen LogP contribution is 2.36. The molecule has 0 bridgehead atoms. The average Bonchev–Trinajstić information content (AvgIpc) is 2.84. The fourth-order valence-corrected chi connectivity index (χ4v) is 4.96. The number of carbonyl (C=O) groups is 3. The van der Waals surface area contributed by atoms with Gasteiger partial charge in [0.2, 0.25) is 0 Å². The van der Waals surface area contributed by atoms with Gasteiger partial charge in [-0.1, -0.05) is 45.8 Å². The number of ether oxygens (including phenoxy) is 2. The molecular weight excluding hydrogens is 651 g/mol. The first-order valence-corrected chi connectivity index (χ1v) is 13.4. The summed E-state index contributed by atoms with van der Waals surface area (Å²) in [7, 11) is 0. The number of halogens is 2. The van der Waals surface area contributed by atoms with E-state index in [4.69, 9.17) is 9.47 Å². The maximum absolute atomic E-state index is 13.3. The van der Waals surface area contributed by atoms with E-state index in [1.165, 1.54) is 6.08 Å². The maximum atomic E-state index is 13.3. The van der Waals surface area contributed by atoms with Gasteiger partial charge in [-0.15, -0.1) is 0 Å². The summed E-state index contributed by atoms with van der Waals surface area (Å²) in [4.78, 5) is 39.6. The number of urea groups is 1. The average molecular weight is 675 g/mol. The van der Waals surface area contributed by atoms with Crippen molar-refractivity contribution in [2.45, 2.75) is 27.4 Å². The molecule has 0 saturated carbocycles. The molecule has 0 radical (unpaired) electrons. The molecule has 0 spiro atoms. The van der Waals surface area contributed by atoms with E-state index in [0.29, 0.717) is 36.0 Å². The summed E-state index contributed by atoms with van der Waals surface area (Å²) in [5, 5.41) is 2.28. The van der Waals surface area contributed by atoms with Gasteiger partial charge in [0.05, 0.1) is 15.9 Å². The van der Waals surface area contributed by atoms with E-state index in [9.17, 15) is 14.4 Å². The number of rotatable bonds is 7. The van der Waals surface area contributed by atoms with Gasteiger partial charge in [0.1, 0.15) is 12.2 Å². The Hall–Kier alpha value is -3.18. The van der Waals surface area contributed by atoms with Crippen molar-refractivity contribution in [2.75, 3.05) is 11.5 Å². The van der Waals surface area contributed by atoms with Gasteiger partial charge in [0.15, 0.2) is 11.5 Å². The summed E-state index contributed by atoms with van der Waals surface area (Å²) in [6.07, 6.45) is 1.46. The molecule has 1 N–H and O–H groups in total. The minimum absolute atomic E-state index is 0.152. The van der Waals surface area contributed by atoms with E-state index in [1.54, 1.807) is 18.2 Å². The second kappa shape index (κ2) is 11.5. The van der Waals surface area contributed by atoms with Gasteiger partial charge in [-0.3, -0.25) is 14.9 Å². The van der Waals surface area contributed by atoms with Crippen LogP contribution in [0.15, 0.2) is 64.6 Å². The molecular formula is C28H24BrIN2O5. The zero-order valence-corrected chi connectivity index (χ0v) is 24.2. The van der Waals surface area contributed by atoms with Crippen LogP contribution in [0, 0.1) is 17.4 Å². The fourth-order valence-electron chi connectivity index (χ4n) is 3.91. The third kappa shape index (κ3) is 6.04. The number of nitrogens with zero attached hydrogens (tertiary/aromatic N) is 1. The summed E-state index contributed by atoms with van der Waals surface area (Å²) in [6.45, 7) is 6.35. The molecule has 4 rings (SSSR count). The minimum atomic E-state index is -0.777. The zero-order valence-electron chi connectivity index (χ0n) is 20.4. The highest BCUT2D eigenvalue weighted by atomic mass is 127. The van der Waals surface area contributed by atoms with Gasteiger partial charge in [-0.05, 0) is 96.5 Å². The zero-order chi connectivity index (χ0) is 26.7. The van der Waals surface area contributed by atoms with Crippen LogP contribution in [-0.4, -0.2) is 24.5 Å². The van der Waals surface area contributed by atoms with Crippen LogP contribution in [-0.2, 0) is 16.2 Å². The number of carbonyl (C=O) groups excluding carboxylic acids is 3. The first-order valence-electron chi connectivity index (χ1n) is 11.5.